The molecule has 1 aromatic carbocycles. The Balaban J connectivity index is 2.14. The summed E-state index contributed by atoms with van der Waals surface area (Å²) in [6.07, 6.45) is -8.51. The average molecular weight is 402 g/mol. The number of hydrogen-bond acceptors (Lipinski definition) is 4. The van der Waals surface area contributed by atoms with Crippen LogP contribution in [0, 0.1) is 0 Å². The van der Waals surface area contributed by atoms with Crippen molar-refractivity contribution in [3.8, 4) is 0 Å². The molecule has 1 atom stereocenters. The molecule has 148 valence electrons. The van der Waals surface area contributed by atoms with Crippen LogP contribution >= 0.6 is 0 Å². The predicted molar refractivity (Wildman–Crippen MR) is 85.5 cm³/mol. The smallest absolute Gasteiger partial charge is 0.416 e. The molecular formula is C18H12F6N2O2. The van der Waals surface area contributed by atoms with E-state index < -0.39 is 46.5 Å². The highest BCUT2D eigenvalue weighted by Gasteiger charge is 2.41. The largest absolute Gasteiger partial charge is 0.462 e. The van der Waals surface area contributed by atoms with Crippen molar-refractivity contribution in [2.45, 2.75) is 18.5 Å². The number of pyridine rings is 1. The maximum atomic E-state index is 13.1. The van der Waals surface area contributed by atoms with E-state index in [1.54, 1.807) is 0 Å². The average Bonchev–Trinajstić information content (AvgIpc) is 2.97. The summed E-state index contributed by atoms with van der Waals surface area (Å²) in [5, 5.41) is 2.51. The maximum absolute atomic E-state index is 13.1. The van der Waals surface area contributed by atoms with Crippen LogP contribution in [-0.4, -0.2) is 17.8 Å². The molecule has 0 fully saturated rings. The summed E-state index contributed by atoms with van der Waals surface area (Å²) in [4.78, 5) is 16.6. The van der Waals surface area contributed by atoms with Crippen molar-refractivity contribution in [3.05, 3.63) is 70.9 Å². The van der Waals surface area contributed by atoms with E-state index in [-0.39, 0.29) is 11.9 Å². The van der Waals surface area contributed by atoms with Crippen LogP contribution in [0.5, 0.6) is 0 Å². The van der Waals surface area contributed by atoms with Crippen molar-refractivity contribution in [2.75, 3.05) is 7.05 Å². The van der Waals surface area contributed by atoms with Gasteiger partial charge in [-0.3, -0.25) is 9.78 Å². The number of alkyl halides is 6. The van der Waals surface area contributed by atoms with Gasteiger partial charge in [0, 0.05) is 25.0 Å². The minimum absolute atomic E-state index is 0.00198. The van der Waals surface area contributed by atoms with E-state index in [4.69, 9.17) is 4.74 Å². The zero-order valence-electron chi connectivity index (χ0n) is 14.2. The van der Waals surface area contributed by atoms with E-state index in [1.807, 2.05) is 0 Å². The lowest BCUT2D eigenvalue weighted by Gasteiger charge is -2.14. The summed E-state index contributed by atoms with van der Waals surface area (Å²) in [6, 6.07) is 4.03. The van der Waals surface area contributed by atoms with Crippen molar-refractivity contribution in [1.82, 2.24) is 10.3 Å². The first kappa shape index (κ1) is 19.7. The van der Waals surface area contributed by atoms with Crippen molar-refractivity contribution in [1.29, 1.82) is 0 Å². The Morgan fingerprint density at radius 3 is 2.11 bits per heavy atom. The molecule has 2 heterocycles. The number of nitrogens with one attached hydrogen (secondary N) is 1. The molecule has 3 rings (SSSR count). The van der Waals surface area contributed by atoms with Gasteiger partial charge in [-0.25, -0.2) is 0 Å². The van der Waals surface area contributed by atoms with Gasteiger partial charge in [-0.1, -0.05) is 6.07 Å². The number of ether oxygens (including phenoxy) is 1. The lowest BCUT2D eigenvalue weighted by Crippen LogP contribution is -2.14. The van der Waals surface area contributed by atoms with Crippen molar-refractivity contribution >= 4 is 11.4 Å². The van der Waals surface area contributed by atoms with Gasteiger partial charge >= 0.3 is 12.4 Å². The van der Waals surface area contributed by atoms with E-state index in [9.17, 15) is 31.1 Å². The lowest BCUT2D eigenvalue weighted by atomic mass is 9.94. The molecule has 0 spiro atoms. The van der Waals surface area contributed by atoms with Gasteiger partial charge in [0.05, 0.1) is 16.7 Å². The maximum Gasteiger partial charge on any atom is 0.416 e. The molecule has 0 amide bonds. The number of ketones is 1. The van der Waals surface area contributed by atoms with Crippen LogP contribution in [0.4, 0.5) is 26.3 Å². The molecule has 0 saturated heterocycles. The molecule has 0 aliphatic carbocycles. The molecule has 4 nitrogen and oxygen atoms in total. The zero-order chi connectivity index (χ0) is 20.7. The summed E-state index contributed by atoms with van der Waals surface area (Å²) in [7, 11) is 1.34. The SMILES string of the molecule is CNC1=C(c2cc(C(F)(F)F)cc(C(F)(F)F)c2)C(=O)C(c2cccnc2)O1. The summed E-state index contributed by atoms with van der Waals surface area (Å²) >= 11 is 0. The summed E-state index contributed by atoms with van der Waals surface area (Å²) < 4.78 is 84.1. The van der Waals surface area contributed by atoms with Gasteiger partial charge in [-0.15, -0.1) is 0 Å². The van der Waals surface area contributed by atoms with Crippen LogP contribution < -0.4 is 5.32 Å². The summed E-state index contributed by atoms with van der Waals surface area (Å²) in [5.74, 6) is -0.990. The number of carbonyl (C=O) groups is 1. The molecular weight excluding hydrogens is 390 g/mol. The molecule has 2 aromatic rings. The van der Waals surface area contributed by atoms with Crippen LogP contribution in [0.25, 0.3) is 5.57 Å². The number of benzene rings is 1. The first-order chi connectivity index (χ1) is 13.0. The van der Waals surface area contributed by atoms with E-state index in [2.05, 4.69) is 10.3 Å². The minimum Gasteiger partial charge on any atom is -0.462 e. The molecule has 1 N–H and O–H groups in total. The number of rotatable bonds is 3. The molecule has 28 heavy (non-hydrogen) atoms. The summed E-state index contributed by atoms with van der Waals surface area (Å²) in [6.45, 7) is 0. The Morgan fingerprint density at radius 2 is 1.64 bits per heavy atom. The van der Waals surface area contributed by atoms with Gasteiger partial charge < -0.3 is 10.1 Å². The Bertz CT molecular complexity index is 903. The number of halogens is 6. The third kappa shape index (κ3) is 3.67. The molecule has 1 aliphatic rings. The van der Waals surface area contributed by atoms with Gasteiger partial charge in [0.25, 0.3) is 0 Å². The molecule has 1 unspecified atom stereocenters. The third-order valence-electron chi connectivity index (χ3n) is 4.04. The van der Waals surface area contributed by atoms with Gasteiger partial charge in [-0.05, 0) is 29.8 Å². The van der Waals surface area contributed by atoms with Crippen LogP contribution in [0.1, 0.15) is 28.4 Å². The zero-order valence-corrected chi connectivity index (χ0v) is 14.2. The number of nitrogens with zero attached hydrogens (tertiary/aromatic N) is 1. The second-order valence-corrected chi connectivity index (χ2v) is 5.90. The highest BCUT2D eigenvalue weighted by molar-refractivity contribution is 6.25. The van der Waals surface area contributed by atoms with Crippen LogP contribution in [-0.2, 0) is 21.9 Å². The Labute approximate surface area is 154 Å². The van der Waals surface area contributed by atoms with Crippen molar-refractivity contribution < 1.29 is 35.9 Å². The minimum atomic E-state index is -5.03. The second kappa shape index (κ2) is 6.84. The van der Waals surface area contributed by atoms with Crippen LogP contribution in [0.2, 0.25) is 0 Å². The number of carbonyl (C=O) groups excluding carboxylic acids is 1. The quantitative estimate of drug-likeness (QED) is 0.776. The van der Waals surface area contributed by atoms with Gasteiger partial charge in [0.1, 0.15) is 0 Å². The van der Waals surface area contributed by atoms with Gasteiger partial charge in [-0.2, -0.15) is 26.3 Å². The first-order valence-electron chi connectivity index (χ1n) is 7.85. The van der Waals surface area contributed by atoms with E-state index in [0.717, 1.165) is 0 Å². The molecule has 0 saturated carbocycles. The Morgan fingerprint density at radius 1 is 1.04 bits per heavy atom. The molecule has 0 bridgehead atoms. The Kier molecular flexibility index (Phi) is 4.82. The normalized spacial score (nSPS) is 17.7. The van der Waals surface area contributed by atoms with Crippen molar-refractivity contribution in [3.63, 3.8) is 0 Å². The van der Waals surface area contributed by atoms with E-state index in [0.29, 0.717) is 17.7 Å². The standard InChI is InChI=1S/C18H12F6N2O2/c1-25-16-13(14(27)15(28-16)9-3-2-4-26-8-9)10-5-11(17(19,20)21)7-12(6-10)18(22,23)24/h2-8,15,25H,1H3. The van der Waals surface area contributed by atoms with E-state index >= 15 is 0 Å². The predicted octanol–water partition coefficient (Wildman–Crippen LogP) is 4.35. The third-order valence-corrected chi connectivity index (χ3v) is 4.04. The van der Waals surface area contributed by atoms with Crippen LogP contribution in [0.3, 0.4) is 0 Å². The fourth-order valence-corrected chi connectivity index (χ4v) is 2.78. The van der Waals surface area contributed by atoms with E-state index in [1.165, 1.54) is 31.6 Å². The van der Waals surface area contributed by atoms with Gasteiger partial charge in [0.2, 0.25) is 5.78 Å². The molecule has 1 aliphatic heterocycles. The number of aromatic nitrogens is 1. The fourth-order valence-electron chi connectivity index (χ4n) is 2.78. The van der Waals surface area contributed by atoms with Crippen LogP contribution in [0.15, 0.2) is 48.6 Å². The topological polar surface area (TPSA) is 51.2 Å². The highest BCUT2D eigenvalue weighted by Crippen LogP contribution is 2.41. The van der Waals surface area contributed by atoms with Gasteiger partial charge in [0.15, 0.2) is 12.0 Å². The lowest BCUT2D eigenvalue weighted by molar-refractivity contribution is -0.143. The Hall–Kier alpha value is -3.04. The fraction of sp³-hybridized carbons (Fsp3) is 0.222. The highest BCUT2D eigenvalue weighted by atomic mass is 19.4. The molecule has 0 radical (unpaired) electrons. The first-order valence-corrected chi connectivity index (χ1v) is 7.85. The van der Waals surface area contributed by atoms with Crippen molar-refractivity contribution in [2.24, 2.45) is 0 Å². The molecule has 10 heteroatoms. The number of hydrogen-bond donors (Lipinski definition) is 1. The second-order valence-electron chi connectivity index (χ2n) is 5.90. The summed E-state index contributed by atoms with van der Waals surface area (Å²) in [5.41, 5.74) is -3.65. The molecule has 1 aromatic heterocycles. The number of Topliss-reactive ketones (excluding diaryl/α,β-unsaturated/α-hetero) is 1. The monoisotopic (exact) mass is 402 g/mol.